The molecule has 1 aromatic heterocycles. The van der Waals surface area contributed by atoms with Gasteiger partial charge in [-0.05, 0) is 32.1 Å². The molecule has 156 valence electrons. The number of carbonyl (C=O) groups excluding carboxylic acids is 1. The van der Waals surface area contributed by atoms with Crippen LogP contribution in [0.3, 0.4) is 0 Å². The molecule has 2 aromatic carbocycles. The lowest BCUT2D eigenvalue weighted by Crippen LogP contribution is -2.30. The molecule has 2 heterocycles. The van der Waals surface area contributed by atoms with Gasteiger partial charge in [-0.1, -0.05) is 23.7 Å². The number of hydrogen-bond donors (Lipinski definition) is 0. The highest BCUT2D eigenvalue weighted by Gasteiger charge is 2.37. The van der Waals surface area contributed by atoms with Crippen molar-refractivity contribution in [2.45, 2.75) is 18.4 Å². The van der Waals surface area contributed by atoms with E-state index >= 15 is 0 Å². The minimum absolute atomic E-state index is 0.180. The normalized spacial score (nSPS) is 19.2. The first kappa shape index (κ1) is 20.4. The van der Waals surface area contributed by atoms with Crippen LogP contribution in [0.1, 0.15) is 17.9 Å². The molecule has 0 radical (unpaired) electrons. The highest BCUT2D eigenvalue weighted by Crippen LogP contribution is 2.44. The number of hydrogen-bond acceptors (Lipinski definition) is 6. The Morgan fingerprint density at radius 1 is 1.17 bits per heavy atom. The van der Waals surface area contributed by atoms with Crippen molar-refractivity contribution in [1.29, 1.82) is 0 Å². The third kappa shape index (κ3) is 3.26. The Labute approximate surface area is 179 Å². The maximum absolute atomic E-state index is 13.1. The van der Waals surface area contributed by atoms with E-state index in [0.717, 1.165) is 19.3 Å². The van der Waals surface area contributed by atoms with Crippen LogP contribution in [0.15, 0.2) is 45.6 Å². The Kier molecular flexibility index (Phi) is 5.54. The maximum Gasteiger partial charge on any atom is 0.197 e. The summed E-state index contributed by atoms with van der Waals surface area (Å²) in [6.45, 7) is 0.749. The van der Waals surface area contributed by atoms with E-state index in [1.54, 1.807) is 25.3 Å². The summed E-state index contributed by atoms with van der Waals surface area (Å²) in [6.07, 6.45) is 1.67. The highest BCUT2D eigenvalue weighted by molar-refractivity contribution is 6.33. The van der Waals surface area contributed by atoms with Gasteiger partial charge in [0.05, 0.1) is 25.3 Å². The molecule has 0 bridgehead atoms. The molecule has 1 fully saturated rings. The van der Waals surface area contributed by atoms with Gasteiger partial charge in [0.1, 0.15) is 34.5 Å². The minimum atomic E-state index is -0.343. The molecule has 3 aromatic rings. The van der Waals surface area contributed by atoms with Gasteiger partial charge >= 0.3 is 0 Å². The van der Waals surface area contributed by atoms with E-state index in [4.69, 9.17) is 25.5 Å². The molecule has 30 heavy (non-hydrogen) atoms. The van der Waals surface area contributed by atoms with Gasteiger partial charge in [0.2, 0.25) is 0 Å². The number of methoxy groups -OCH3 is 2. The Balaban J connectivity index is 2.08. The summed E-state index contributed by atoms with van der Waals surface area (Å²) in [6, 6.07) is 9.93. The molecule has 6 nitrogen and oxygen atoms in total. The number of ether oxygens (including phenoxy) is 2. The average Bonchev–Trinajstić information content (AvgIpc) is 3.12. The van der Waals surface area contributed by atoms with Gasteiger partial charge in [-0.3, -0.25) is 9.69 Å². The monoisotopic (exact) mass is 427 g/mol. The van der Waals surface area contributed by atoms with Crippen LogP contribution in [0.4, 0.5) is 0 Å². The van der Waals surface area contributed by atoms with Gasteiger partial charge in [0, 0.05) is 29.2 Å². The first-order valence-corrected chi connectivity index (χ1v) is 10.0. The van der Waals surface area contributed by atoms with Crippen LogP contribution in [-0.2, 0) is 4.79 Å². The Hall–Kier alpha value is -2.83. The fourth-order valence-electron chi connectivity index (χ4n) is 4.26. The standard InChI is InChI=1S/C23H22ClNO5/c1-25-9-8-14(16(25)12-26)21-19(28-2)11-20(29-3)22-17(27)10-18(30-23(21)22)13-6-4-5-7-15(13)24/h4-7,10-12,14,16H,8-9H2,1-3H3/t14?,16-/m1/s1. The van der Waals surface area contributed by atoms with E-state index < -0.39 is 0 Å². The molecular weight excluding hydrogens is 406 g/mol. The summed E-state index contributed by atoms with van der Waals surface area (Å²) in [4.78, 5) is 27.0. The number of nitrogens with zero attached hydrogens (tertiary/aromatic N) is 1. The van der Waals surface area contributed by atoms with Crippen molar-refractivity contribution in [3.63, 3.8) is 0 Å². The predicted molar refractivity (Wildman–Crippen MR) is 116 cm³/mol. The van der Waals surface area contributed by atoms with Crippen molar-refractivity contribution >= 4 is 28.9 Å². The highest BCUT2D eigenvalue weighted by atomic mass is 35.5. The maximum atomic E-state index is 13.1. The van der Waals surface area contributed by atoms with E-state index in [-0.39, 0.29) is 17.4 Å². The van der Waals surface area contributed by atoms with Gasteiger partial charge in [-0.2, -0.15) is 0 Å². The second-order valence-corrected chi connectivity index (χ2v) is 7.76. The van der Waals surface area contributed by atoms with Crippen molar-refractivity contribution in [3.05, 3.63) is 57.2 Å². The fourth-order valence-corrected chi connectivity index (χ4v) is 4.48. The van der Waals surface area contributed by atoms with Crippen molar-refractivity contribution in [3.8, 4) is 22.8 Å². The molecule has 0 saturated carbocycles. The summed E-state index contributed by atoms with van der Waals surface area (Å²) >= 11 is 6.35. The number of rotatable bonds is 5. The second-order valence-electron chi connectivity index (χ2n) is 7.36. The zero-order chi connectivity index (χ0) is 21.4. The van der Waals surface area contributed by atoms with Crippen molar-refractivity contribution < 1.29 is 18.7 Å². The summed E-state index contributed by atoms with van der Waals surface area (Å²) in [5.74, 6) is 1.05. The molecule has 2 atom stereocenters. The average molecular weight is 428 g/mol. The minimum Gasteiger partial charge on any atom is -0.496 e. The number of likely N-dealkylation sites (N-methyl/N-ethyl adjacent to an activating group) is 1. The van der Waals surface area contributed by atoms with Crippen molar-refractivity contribution in [2.24, 2.45) is 0 Å². The van der Waals surface area contributed by atoms with Crippen LogP contribution >= 0.6 is 11.6 Å². The van der Waals surface area contributed by atoms with Crippen molar-refractivity contribution in [1.82, 2.24) is 4.90 Å². The van der Waals surface area contributed by atoms with Crippen LogP contribution < -0.4 is 14.9 Å². The molecule has 0 spiro atoms. The zero-order valence-corrected chi connectivity index (χ0v) is 17.7. The summed E-state index contributed by atoms with van der Waals surface area (Å²) in [5.41, 5.74) is 1.42. The number of fused-ring (bicyclic) bond motifs is 1. The predicted octanol–water partition coefficient (Wildman–Crippen LogP) is 4.12. The molecule has 0 amide bonds. The second kappa shape index (κ2) is 8.13. The van der Waals surface area contributed by atoms with Gasteiger partial charge in [0.15, 0.2) is 5.43 Å². The van der Waals surface area contributed by atoms with E-state index in [9.17, 15) is 9.59 Å². The molecule has 7 heteroatoms. The first-order chi connectivity index (χ1) is 14.5. The van der Waals surface area contributed by atoms with E-state index in [1.807, 2.05) is 24.1 Å². The summed E-state index contributed by atoms with van der Waals surface area (Å²) in [7, 11) is 4.95. The van der Waals surface area contributed by atoms with E-state index in [2.05, 4.69) is 0 Å². The smallest absolute Gasteiger partial charge is 0.197 e. The SMILES string of the molecule is COc1cc(OC)c2c(=O)cc(-c3ccccc3Cl)oc2c1C1CCN(C)[C@@H]1C=O. The number of carbonyl (C=O) groups is 1. The molecule has 0 aliphatic carbocycles. The van der Waals surface area contributed by atoms with Crippen LogP contribution in [0.5, 0.6) is 11.5 Å². The molecular formula is C23H22ClNO5. The van der Waals surface area contributed by atoms with Crippen LogP contribution in [0, 0.1) is 0 Å². The zero-order valence-electron chi connectivity index (χ0n) is 17.0. The summed E-state index contributed by atoms with van der Waals surface area (Å²) < 4.78 is 17.4. The Morgan fingerprint density at radius 3 is 2.57 bits per heavy atom. The van der Waals surface area contributed by atoms with Gasteiger partial charge in [-0.15, -0.1) is 0 Å². The topological polar surface area (TPSA) is 69.0 Å². The van der Waals surface area contributed by atoms with Crippen LogP contribution in [0.2, 0.25) is 5.02 Å². The van der Waals surface area contributed by atoms with Crippen molar-refractivity contribution in [2.75, 3.05) is 27.8 Å². The number of halogens is 1. The molecule has 0 N–H and O–H groups in total. The number of aldehydes is 1. The number of likely N-dealkylation sites (tertiary alicyclic amines) is 1. The lowest BCUT2D eigenvalue weighted by Gasteiger charge is -2.23. The fraction of sp³-hybridized carbons (Fsp3) is 0.304. The lowest BCUT2D eigenvalue weighted by atomic mass is 9.89. The lowest BCUT2D eigenvalue weighted by molar-refractivity contribution is -0.111. The summed E-state index contributed by atoms with van der Waals surface area (Å²) in [5, 5.41) is 0.797. The van der Waals surface area contributed by atoms with E-state index in [0.29, 0.717) is 44.4 Å². The Bertz CT molecular complexity index is 1170. The molecule has 4 rings (SSSR count). The molecule has 1 aliphatic heterocycles. The van der Waals surface area contributed by atoms with Gasteiger partial charge < -0.3 is 18.7 Å². The molecule has 1 unspecified atom stereocenters. The Morgan fingerprint density at radius 2 is 1.90 bits per heavy atom. The molecule has 1 aliphatic rings. The first-order valence-electron chi connectivity index (χ1n) is 9.63. The third-order valence-electron chi connectivity index (χ3n) is 5.77. The largest absolute Gasteiger partial charge is 0.496 e. The van der Waals surface area contributed by atoms with Crippen LogP contribution in [0.25, 0.3) is 22.3 Å². The van der Waals surface area contributed by atoms with Crippen LogP contribution in [-0.4, -0.2) is 45.0 Å². The third-order valence-corrected chi connectivity index (χ3v) is 6.10. The van der Waals surface area contributed by atoms with Gasteiger partial charge in [0.25, 0.3) is 0 Å². The number of benzene rings is 2. The molecule has 1 saturated heterocycles. The van der Waals surface area contributed by atoms with E-state index in [1.165, 1.54) is 13.2 Å². The van der Waals surface area contributed by atoms with Gasteiger partial charge in [-0.25, -0.2) is 0 Å². The quantitative estimate of drug-likeness (QED) is 0.570.